The first-order valence-electron chi connectivity index (χ1n) is 8.20. The van der Waals surface area contributed by atoms with Crippen LogP contribution in [0.3, 0.4) is 0 Å². The van der Waals surface area contributed by atoms with Gasteiger partial charge >= 0.3 is 6.09 Å². The number of carbonyl (C=O) groups is 2. The largest absolute Gasteiger partial charge is 0.444 e. The summed E-state index contributed by atoms with van der Waals surface area (Å²) in [5, 5.41) is 3.14. The van der Waals surface area contributed by atoms with Crippen molar-refractivity contribution in [3.63, 3.8) is 0 Å². The number of halogens is 1. The molecule has 0 heterocycles. The van der Waals surface area contributed by atoms with Gasteiger partial charge in [0.25, 0.3) is 0 Å². The zero-order valence-electron chi connectivity index (χ0n) is 15.6. The number of ether oxygens (including phenoxy) is 1. The second-order valence-corrected chi connectivity index (χ2v) is 7.54. The summed E-state index contributed by atoms with van der Waals surface area (Å²) in [5.41, 5.74) is 0.343. The number of nitrogens with one attached hydrogen (secondary N) is 1. The van der Waals surface area contributed by atoms with Crippen molar-refractivity contribution in [1.82, 2.24) is 15.1 Å². The molecule has 0 spiro atoms. The molecule has 0 aromatic heterocycles. The van der Waals surface area contributed by atoms with Gasteiger partial charge in [0.15, 0.2) is 0 Å². The highest BCUT2D eigenvalue weighted by Gasteiger charge is 2.19. The van der Waals surface area contributed by atoms with Gasteiger partial charge in [-0.15, -0.1) is 0 Å². The summed E-state index contributed by atoms with van der Waals surface area (Å²) in [6.07, 6.45) is -0.601. The Kier molecular flexibility index (Phi) is 8.19. The lowest BCUT2D eigenvalue weighted by molar-refractivity contribution is -0.131. The van der Waals surface area contributed by atoms with E-state index in [-0.39, 0.29) is 12.5 Å². The van der Waals surface area contributed by atoms with E-state index in [4.69, 9.17) is 16.3 Å². The molecule has 1 N–H and O–H groups in total. The third kappa shape index (κ3) is 9.31. The van der Waals surface area contributed by atoms with Crippen LogP contribution in [0.4, 0.5) is 4.79 Å². The van der Waals surface area contributed by atoms with Crippen LogP contribution >= 0.6 is 11.6 Å². The molecule has 0 unspecified atom stereocenters. The molecule has 2 amide bonds. The summed E-state index contributed by atoms with van der Waals surface area (Å²) in [7, 11) is 3.89. The molecule has 140 valence electrons. The van der Waals surface area contributed by atoms with Crippen molar-refractivity contribution in [2.24, 2.45) is 0 Å². The van der Waals surface area contributed by atoms with Crippen LogP contribution in [0.25, 0.3) is 0 Å². The summed E-state index contributed by atoms with van der Waals surface area (Å²) in [6.45, 7) is 6.92. The topological polar surface area (TPSA) is 61.9 Å². The minimum absolute atomic E-state index is 0.108. The number of alkyl carbamates (subject to hydrolysis) is 1. The van der Waals surface area contributed by atoms with E-state index < -0.39 is 11.7 Å². The van der Waals surface area contributed by atoms with Crippen molar-refractivity contribution in [2.75, 3.05) is 33.7 Å². The molecule has 0 aliphatic carbocycles. The normalized spacial score (nSPS) is 11.3. The lowest BCUT2D eigenvalue weighted by Crippen LogP contribution is -2.43. The van der Waals surface area contributed by atoms with E-state index in [1.165, 1.54) is 0 Å². The third-order valence-corrected chi connectivity index (χ3v) is 3.45. The number of amides is 2. The van der Waals surface area contributed by atoms with Crippen molar-refractivity contribution >= 4 is 23.6 Å². The minimum atomic E-state index is -0.601. The van der Waals surface area contributed by atoms with Crippen molar-refractivity contribution in [3.8, 4) is 0 Å². The van der Waals surface area contributed by atoms with E-state index in [1.54, 1.807) is 31.7 Å². The first-order chi connectivity index (χ1) is 11.6. The molecule has 25 heavy (non-hydrogen) atoms. The summed E-state index contributed by atoms with van der Waals surface area (Å²) in [6, 6.07) is 7.40. The van der Waals surface area contributed by atoms with Gasteiger partial charge in [-0.25, -0.2) is 4.79 Å². The van der Waals surface area contributed by atoms with Crippen molar-refractivity contribution in [2.45, 2.75) is 32.9 Å². The molecule has 1 rings (SSSR count). The lowest BCUT2D eigenvalue weighted by Gasteiger charge is -2.25. The molecule has 0 bridgehead atoms. The predicted molar refractivity (Wildman–Crippen MR) is 99.7 cm³/mol. The van der Waals surface area contributed by atoms with Crippen molar-refractivity contribution in [3.05, 3.63) is 34.9 Å². The molecule has 0 saturated carbocycles. The maximum absolute atomic E-state index is 12.5. The SMILES string of the molecule is CN(C)CCN(Cc1cccc(Cl)c1)C(=O)CNC(=O)OC(C)(C)C. The van der Waals surface area contributed by atoms with E-state index >= 15 is 0 Å². The number of benzene rings is 1. The van der Waals surface area contributed by atoms with E-state index in [1.807, 2.05) is 37.2 Å². The maximum Gasteiger partial charge on any atom is 0.408 e. The Morgan fingerprint density at radius 2 is 1.88 bits per heavy atom. The fraction of sp³-hybridized carbons (Fsp3) is 0.556. The Hall–Kier alpha value is -1.79. The average molecular weight is 370 g/mol. The van der Waals surface area contributed by atoms with Gasteiger partial charge < -0.3 is 19.9 Å². The van der Waals surface area contributed by atoms with Gasteiger partial charge in [0, 0.05) is 24.7 Å². The second kappa shape index (κ2) is 9.63. The van der Waals surface area contributed by atoms with E-state index in [0.29, 0.717) is 18.1 Å². The number of likely N-dealkylation sites (N-methyl/N-ethyl adjacent to an activating group) is 1. The fourth-order valence-corrected chi connectivity index (χ4v) is 2.25. The smallest absolute Gasteiger partial charge is 0.408 e. The molecule has 0 fully saturated rings. The molecule has 0 aliphatic rings. The van der Waals surface area contributed by atoms with Crippen LogP contribution in [0.5, 0.6) is 0 Å². The Labute approximate surface area is 155 Å². The molecular formula is C18H28ClN3O3. The van der Waals surface area contributed by atoms with Crippen LogP contribution in [-0.4, -0.2) is 61.1 Å². The van der Waals surface area contributed by atoms with Crippen LogP contribution in [0.2, 0.25) is 5.02 Å². The molecule has 1 aromatic carbocycles. The standard InChI is InChI=1S/C18H28ClN3O3/c1-18(2,3)25-17(24)20-12-16(23)22(10-9-21(4)5)13-14-7-6-8-15(19)11-14/h6-8,11H,9-10,12-13H2,1-5H3,(H,20,24). The molecule has 7 heteroatoms. The Bertz CT molecular complexity index is 585. The molecule has 0 atom stereocenters. The van der Waals surface area contributed by atoms with Crippen molar-refractivity contribution in [1.29, 1.82) is 0 Å². The van der Waals surface area contributed by atoms with Gasteiger partial charge in [0.2, 0.25) is 5.91 Å². The highest BCUT2D eigenvalue weighted by Crippen LogP contribution is 2.13. The lowest BCUT2D eigenvalue weighted by atomic mass is 10.2. The molecule has 1 aromatic rings. The molecule has 0 saturated heterocycles. The monoisotopic (exact) mass is 369 g/mol. The summed E-state index contributed by atoms with van der Waals surface area (Å²) in [4.78, 5) is 27.9. The van der Waals surface area contributed by atoms with E-state index in [0.717, 1.165) is 12.1 Å². The molecule has 6 nitrogen and oxygen atoms in total. The zero-order chi connectivity index (χ0) is 19.0. The Morgan fingerprint density at radius 3 is 2.44 bits per heavy atom. The van der Waals surface area contributed by atoms with Gasteiger partial charge in [-0.1, -0.05) is 23.7 Å². The molecule has 0 radical (unpaired) electrons. The average Bonchev–Trinajstić information content (AvgIpc) is 2.47. The summed E-state index contributed by atoms with van der Waals surface area (Å²) < 4.78 is 5.15. The number of rotatable bonds is 7. The first-order valence-corrected chi connectivity index (χ1v) is 8.58. The Morgan fingerprint density at radius 1 is 1.20 bits per heavy atom. The van der Waals surface area contributed by atoms with Crippen LogP contribution < -0.4 is 5.32 Å². The van der Waals surface area contributed by atoms with Crippen LogP contribution in [0, 0.1) is 0 Å². The minimum Gasteiger partial charge on any atom is -0.444 e. The van der Waals surface area contributed by atoms with E-state index in [9.17, 15) is 9.59 Å². The van der Waals surface area contributed by atoms with E-state index in [2.05, 4.69) is 5.32 Å². The first kappa shape index (κ1) is 21.3. The second-order valence-electron chi connectivity index (χ2n) is 7.10. The van der Waals surface area contributed by atoms with Crippen LogP contribution in [0.1, 0.15) is 26.3 Å². The third-order valence-electron chi connectivity index (χ3n) is 3.22. The number of nitrogens with zero attached hydrogens (tertiary/aromatic N) is 2. The molecular weight excluding hydrogens is 342 g/mol. The summed E-state index contributed by atoms with van der Waals surface area (Å²) >= 11 is 6.01. The molecule has 0 aliphatic heterocycles. The summed E-state index contributed by atoms with van der Waals surface area (Å²) in [5.74, 6) is -0.173. The predicted octanol–water partition coefficient (Wildman–Crippen LogP) is 2.75. The maximum atomic E-state index is 12.5. The zero-order valence-corrected chi connectivity index (χ0v) is 16.4. The van der Waals surface area contributed by atoms with Crippen LogP contribution in [0.15, 0.2) is 24.3 Å². The van der Waals surface area contributed by atoms with Crippen LogP contribution in [-0.2, 0) is 16.1 Å². The van der Waals surface area contributed by atoms with Crippen molar-refractivity contribution < 1.29 is 14.3 Å². The fourth-order valence-electron chi connectivity index (χ4n) is 2.04. The quantitative estimate of drug-likeness (QED) is 0.802. The van der Waals surface area contributed by atoms with Gasteiger partial charge in [0.05, 0.1) is 0 Å². The van der Waals surface area contributed by atoms with Gasteiger partial charge in [-0.2, -0.15) is 0 Å². The number of carbonyl (C=O) groups excluding carboxylic acids is 2. The Balaban J connectivity index is 2.67. The van der Waals surface area contributed by atoms with Gasteiger partial charge in [-0.3, -0.25) is 4.79 Å². The van der Waals surface area contributed by atoms with Gasteiger partial charge in [-0.05, 0) is 52.6 Å². The number of hydrogen-bond donors (Lipinski definition) is 1. The highest BCUT2D eigenvalue weighted by molar-refractivity contribution is 6.30. The van der Waals surface area contributed by atoms with Gasteiger partial charge in [0.1, 0.15) is 12.1 Å². The highest BCUT2D eigenvalue weighted by atomic mass is 35.5. The number of hydrogen-bond acceptors (Lipinski definition) is 4.